The minimum Gasteiger partial charge on any atom is -0.496 e. The number of ketones is 1. The summed E-state index contributed by atoms with van der Waals surface area (Å²) in [4.78, 5) is 78.0. The quantitative estimate of drug-likeness (QED) is 0.0759. The molecule has 0 radical (unpaired) electrons. The van der Waals surface area contributed by atoms with Gasteiger partial charge in [0.1, 0.15) is 23.4 Å². The van der Waals surface area contributed by atoms with Crippen LogP contribution in [0.3, 0.4) is 0 Å². The second kappa shape index (κ2) is 25.6. The smallest absolute Gasteiger partial charge is 0.243 e. The number of thiazole rings is 1. The predicted octanol–water partition coefficient (Wildman–Crippen LogP) is 8.12. The number of hydrogen-bond acceptors (Lipinski definition) is 14. The topological polar surface area (TPSA) is 196 Å². The third-order valence-electron chi connectivity index (χ3n) is 15.7. The fourth-order valence-electron chi connectivity index (χ4n) is 10.9. The average molecular weight is 1120 g/mol. The van der Waals surface area contributed by atoms with Crippen molar-refractivity contribution < 1.29 is 37.4 Å². The van der Waals surface area contributed by atoms with Gasteiger partial charge in [0, 0.05) is 126 Å². The highest BCUT2D eigenvalue weighted by Crippen LogP contribution is 2.35. The minimum absolute atomic E-state index is 0.00507. The number of nitrogens with zero attached hydrogens (tertiary/aromatic N) is 7. The predicted molar refractivity (Wildman–Crippen MR) is 304 cm³/mol. The van der Waals surface area contributed by atoms with E-state index in [4.69, 9.17) is 21.3 Å². The number of piperidine rings is 1. The fraction of sp³-hybridized carbons (Fsp3) is 0.508. The van der Waals surface area contributed by atoms with E-state index in [9.17, 15) is 32.7 Å². The summed E-state index contributed by atoms with van der Waals surface area (Å²) in [5.74, 6) is -0.145. The molecule has 5 heterocycles. The highest BCUT2D eigenvalue weighted by atomic mass is 35.5. The molecular weight excluding hydrogens is 1050 g/mol. The van der Waals surface area contributed by atoms with Crippen LogP contribution >= 0.6 is 22.9 Å². The summed E-state index contributed by atoms with van der Waals surface area (Å²) in [7, 11) is -1.85. The van der Waals surface area contributed by atoms with Crippen molar-refractivity contribution in [3.63, 3.8) is 0 Å². The number of halogens is 1. The summed E-state index contributed by atoms with van der Waals surface area (Å²) in [5, 5.41) is 13.4. The first-order valence-corrected chi connectivity index (χ1v) is 30.0. The number of ether oxygens (including phenoxy) is 1. The summed E-state index contributed by atoms with van der Waals surface area (Å²) in [6.45, 7) is 15.9. The number of benzene rings is 3. The van der Waals surface area contributed by atoms with Crippen molar-refractivity contribution in [2.24, 2.45) is 11.3 Å². The van der Waals surface area contributed by atoms with E-state index in [0.29, 0.717) is 54.1 Å². The Hall–Kier alpha value is -5.79. The van der Waals surface area contributed by atoms with E-state index < -0.39 is 38.6 Å². The standard InChI is InChI=1S/C59H75ClN8O8S2/c1-38(2)78(74,75)53-13-9-8-11-43(53)29-50-49(60)35-61-54(64-50)30-42-19-20-45(31-52(42)76-7)65-23-21-44(22-24-65)66-25-27-67(28-26-66)55(71)14-10-12-46(69)32-48(59(4,5)6)58(73)68-36-47(70)33-51(68)57(72)62-34-40-15-17-41(18-16-40)56-39(3)63-37-77-56/h8-9,11,13,15-20,31,35,37-38,44,47-48,51,70H,10,12,14,21-30,32-34,36H2,1-7H3,(H,62,72)/t47-,48-,51+/m1/s1. The van der Waals surface area contributed by atoms with E-state index in [0.717, 1.165) is 77.7 Å². The molecule has 3 aliphatic heterocycles. The molecule has 0 bridgehead atoms. The number of aliphatic hydroxyl groups excluding tert-OH is 1. The fourth-order valence-corrected chi connectivity index (χ4v) is 13.2. The molecule has 2 aromatic heterocycles. The van der Waals surface area contributed by atoms with Crippen molar-refractivity contribution in [3.05, 3.63) is 117 Å². The van der Waals surface area contributed by atoms with Crippen LogP contribution in [0.5, 0.6) is 5.75 Å². The average Bonchev–Trinajstić information content (AvgIpc) is 4.06. The Morgan fingerprint density at radius 1 is 0.910 bits per heavy atom. The number of methoxy groups -OCH3 is 1. The van der Waals surface area contributed by atoms with Gasteiger partial charge in [-0.3, -0.25) is 24.1 Å². The lowest BCUT2D eigenvalue weighted by Gasteiger charge is -2.43. The van der Waals surface area contributed by atoms with Crippen molar-refractivity contribution in [1.82, 2.24) is 35.0 Å². The van der Waals surface area contributed by atoms with Gasteiger partial charge in [-0.1, -0.05) is 80.9 Å². The lowest BCUT2D eigenvalue weighted by Crippen LogP contribution is -2.54. The summed E-state index contributed by atoms with van der Waals surface area (Å²) < 4.78 is 32.1. The van der Waals surface area contributed by atoms with Gasteiger partial charge in [-0.15, -0.1) is 11.3 Å². The van der Waals surface area contributed by atoms with E-state index in [-0.39, 0.29) is 73.6 Å². The molecule has 19 heteroatoms. The highest BCUT2D eigenvalue weighted by molar-refractivity contribution is 7.92. The van der Waals surface area contributed by atoms with Crippen molar-refractivity contribution in [2.45, 2.75) is 134 Å². The van der Waals surface area contributed by atoms with E-state index in [2.05, 4.69) is 37.2 Å². The molecule has 0 saturated carbocycles. The molecule has 3 amide bonds. The molecule has 3 saturated heterocycles. The summed E-state index contributed by atoms with van der Waals surface area (Å²) >= 11 is 8.15. The first-order chi connectivity index (χ1) is 37.2. The molecule has 418 valence electrons. The van der Waals surface area contributed by atoms with Gasteiger partial charge in [0.2, 0.25) is 17.7 Å². The molecule has 5 aromatic rings. The van der Waals surface area contributed by atoms with Crippen LogP contribution in [0.1, 0.15) is 113 Å². The third-order valence-corrected chi connectivity index (χ3v) is 19.2. The van der Waals surface area contributed by atoms with Gasteiger partial charge in [0.05, 0.1) is 50.2 Å². The Morgan fingerprint density at radius 3 is 2.29 bits per heavy atom. The van der Waals surface area contributed by atoms with Crippen LogP contribution in [0.25, 0.3) is 10.4 Å². The SMILES string of the molecule is COc1cc(N2CCC(N3CCN(C(=O)CCCC(=O)C[C@H](C(=O)N4C[C@H](O)C[C@H]4C(=O)NCc4ccc(-c5scnc5C)cc4)C(C)(C)C)CC3)CC2)ccc1Cc1ncc(Cl)c(Cc2ccccc2S(=O)(=O)C(C)C)n1. The number of aryl methyl sites for hydroxylation is 1. The second-order valence-electron chi connectivity index (χ2n) is 22.4. The Bertz CT molecular complexity index is 3040. The van der Waals surface area contributed by atoms with Crippen LogP contribution in [0.2, 0.25) is 5.02 Å². The number of aromatic nitrogens is 3. The van der Waals surface area contributed by atoms with Gasteiger partial charge in [0.25, 0.3) is 0 Å². The molecule has 3 aromatic carbocycles. The number of rotatable bonds is 20. The van der Waals surface area contributed by atoms with Crippen LogP contribution in [-0.2, 0) is 48.4 Å². The van der Waals surface area contributed by atoms with Gasteiger partial charge in [-0.25, -0.2) is 23.4 Å². The van der Waals surface area contributed by atoms with Gasteiger partial charge >= 0.3 is 0 Å². The Kier molecular flexibility index (Phi) is 19.1. The number of aliphatic hydroxyl groups is 1. The van der Waals surface area contributed by atoms with E-state index >= 15 is 0 Å². The first kappa shape index (κ1) is 58.4. The third kappa shape index (κ3) is 14.1. The largest absolute Gasteiger partial charge is 0.496 e. The monoisotopic (exact) mass is 1120 g/mol. The molecule has 3 aliphatic rings. The molecule has 0 spiro atoms. The van der Waals surface area contributed by atoms with Gasteiger partial charge < -0.3 is 29.9 Å². The van der Waals surface area contributed by atoms with Gasteiger partial charge in [-0.05, 0) is 74.3 Å². The number of likely N-dealkylation sites (tertiary alicyclic amines) is 1. The van der Waals surface area contributed by atoms with Crippen molar-refractivity contribution in [1.29, 1.82) is 0 Å². The Labute approximate surface area is 468 Å². The van der Waals surface area contributed by atoms with Crippen LogP contribution in [0, 0.1) is 18.3 Å². The number of hydrogen-bond donors (Lipinski definition) is 2. The van der Waals surface area contributed by atoms with Crippen LogP contribution in [0.4, 0.5) is 5.69 Å². The summed E-state index contributed by atoms with van der Waals surface area (Å²) in [5.41, 5.74) is 7.33. The zero-order chi connectivity index (χ0) is 55.9. The first-order valence-electron chi connectivity index (χ1n) is 27.2. The maximum atomic E-state index is 14.2. The number of nitrogens with one attached hydrogen (secondary N) is 1. The lowest BCUT2D eigenvalue weighted by molar-refractivity contribution is -0.146. The number of carbonyl (C=O) groups excluding carboxylic acids is 4. The Morgan fingerprint density at radius 2 is 1.63 bits per heavy atom. The zero-order valence-electron chi connectivity index (χ0n) is 46.0. The normalized spacial score (nSPS) is 18.1. The van der Waals surface area contributed by atoms with Gasteiger partial charge in [0.15, 0.2) is 9.84 Å². The molecule has 8 rings (SSSR count). The number of sulfone groups is 1. The number of β-amino-alcohol motifs (C(OH)–C–C–N with tert-alkyl or cyclic N) is 1. The number of piperazine rings is 1. The molecule has 3 fully saturated rings. The molecule has 0 unspecified atom stereocenters. The van der Waals surface area contributed by atoms with Crippen LogP contribution in [0.15, 0.2) is 83.3 Å². The minimum atomic E-state index is -3.51. The van der Waals surface area contributed by atoms with Crippen LogP contribution in [-0.4, -0.2) is 143 Å². The van der Waals surface area contributed by atoms with E-state index in [1.807, 2.05) is 74.5 Å². The molecule has 3 atom stereocenters. The van der Waals surface area contributed by atoms with Crippen LogP contribution < -0.4 is 15.0 Å². The second-order valence-corrected chi connectivity index (χ2v) is 26.1. The molecule has 78 heavy (non-hydrogen) atoms. The maximum Gasteiger partial charge on any atom is 0.243 e. The summed E-state index contributed by atoms with van der Waals surface area (Å²) in [6, 6.07) is 20.7. The zero-order valence-corrected chi connectivity index (χ0v) is 48.4. The van der Waals surface area contributed by atoms with Gasteiger partial charge in [-0.2, -0.15) is 0 Å². The molecule has 0 aliphatic carbocycles. The molecule has 16 nitrogen and oxygen atoms in total. The Balaban J connectivity index is 0.763. The number of carbonyl (C=O) groups is 4. The van der Waals surface area contributed by atoms with Crippen molar-refractivity contribution in [2.75, 3.05) is 57.8 Å². The highest BCUT2D eigenvalue weighted by Gasteiger charge is 2.44. The summed E-state index contributed by atoms with van der Waals surface area (Å²) in [6.07, 6.45) is 4.28. The van der Waals surface area contributed by atoms with E-state index in [1.165, 1.54) is 4.90 Å². The van der Waals surface area contributed by atoms with Crippen molar-refractivity contribution >= 4 is 62.0 Å². The number of anilines is 1. The van der Waals surface area contributed by atoms with Crippen molar-refractivity contribution in [3.8, 4) is 16.2 Å². The lowest BCUT2D eigenvalue weighted by atomic mass is 9.76. The van der Waals surface area contributed by atoms with E-state index in [1.54, 1.807) is 56.7 Å². The number of Topliss-reactive ketones (excluding diaryl/α,β-unsaturated/α-hetero) is 1. The maximum absolute atomic E-state index is 14.2. The molecular formula is C59H75ClN8O8S2. The number of amides is 3. The molecule has 2 N–H and O–H groups in total.